The monoisotopic (exact) mass is 1250 g/mol. The van der Waals surface area contributed by atoms with Gasteiger partial charge in [-0.15, -0.1) is 5.92 Å². The largest absolute Gasteiger partial charge is 0.508 e. The van der Waals surface area contributed by atoms with Crippen molar-refractivity contribution >= 4 is 45.1 Å². The van der Waals surface area contributed by atoms with Gasteiger partial charge in [0.25, 0.3) is 0 Å². The Morgan fingerprint density at radius 2 is 1.67 bits per heavy atom. The Morgan fingerprint density at radius 1 is 0.909 bits per heavy atom. The van der Waals surface area contributed by atoms with Crippen LogP contribution in [-0.2, 0) is 19.1 Å². The van der Waals surface area contributed by atoms with Crippen molar-refractivity contribution in [2.75, 3.05) is 24.7 Å². The third-order valence-electron chi connectivity index (χ3n) is 24.6. The lowest BCUT2D eigenvalue weighted by molar-refractivity contribution is -0.232. The molecule has 4 bridgehead atoms. The van der Waals surface area contributed by atoms with Gasteiger partial charge in [-0.05, 0) is 172 Å². The topological polar surface area (TPSA) is 335 Å². The van der Waals surface area contributed by atoms with Gasteiger partial charge >= 0.3 is 5.97 Å². The van der Waals surface area contributed by atoms with Gasteiger partial charge in [-0.1, -0.05) is 72.1 Å². The van der Waals surface area contributed by atoms with Crippen LogP contribution in [0, 0.1) is 106 Å². The van der Waals surface area contributed by atoms with E-state index in [0.29, 0.717) is 49.3 Å². The van der Waals surface area contributed by atoms with Gasteiger partial charge < -0.3 is 72.5 Å². The number of benzene rings is 1. The highest BCUT2D eigenvalue weighted by Gasteiger charge is 2.79. The van der Waals surface area contributed by atoms with Crippen LogP contribution in [-0.4, -0.2) is 147 Å². The molecule has 480 valence electrons. The number of aromatic hydroxyl groups is 1. The molecule has 12 rings (SSSR count). The second kappa shape index (κ2) is 24.6. The average molecular weight is 1250 g/mol. The van der Waals surface area contributed by atoms with Crippen LogP contribution in [0.2, 0.25) is 0 Å². The third-order valence-corrected chi connectivity index (χ3v) is 27.1. The summed E-state index contributed by atoms with van der Waals surface area (Å²) in [7, 11) is 2.95. The Labute approximate surface area is 524 Å². The normalized spacial score (nSPS) is 45.2. The number of nitrogens with two attached hydrogens (primary N) is 2. The predicted molar refractivity (Wildman–Crippen MR) is 334 cm³/mol. The number of aliphatic hydroxyl groups excluding tert-OH is 5. The molecule has 2 saturated heterocycles. The Balaban J connectivity index is 1.07. The number of hydrogen-bond donors (Lipinski definition) is 13. The molecule has 88 heavy (non-hydrogen) atoms. The van der Waals surface area contributed by atoms with Crippen LogP contribution in [0.3, 0.4) is 0 Å². The van der Waals surface area contributed by atoms with Gasteiger partial charge in [0.1, 0.15) is 17.9 Å². The summed E-state index contributed by atoms with van der Waals surface area (Å²) in [5.41, 5.74) is 8.85. The average Bonchev–Trinajstić information content (AvgIpc) is 1.04. The van der Waals surface area contributed by atoms with E-state index in [4.69, 9.17) is 16.2 Å². The number of carbonyl (C=O) groups excluding carboxylic acids is 3. The summed E-state index contributed by atoms with van der Waals surface area (Å²) in [6.07, 6.45) is 4.62. The summed E-state index contributed by atoms with van der Waals surface area (Å²) in [5.74, 6) is -1.19. The van der Waals surface area contributed by atoms with Gasteiger partial charge in [0, 0.05) is 90.1 Å². The molecule has 18 nitrogen and oxygen atoms in total. The first kappa shape index (κ1) is 63.7. The minimum absolute atomic E-state index is 0.00179. The molecule has 0 amide bonds. The number of aliphatic hydroxyl groups is 8. The molecule has 2 aliphatic heterocycles. The number of nitrogens with one attached hydrogen (secondary N) is 2. The minimum atomic E-state index is -2.11. The maximum atomic E-state index is 16.4. The van der Waals surface area contributed by atoms with Gasteiger partial charge in [-0.2, -0.15) is 0 Å². The fourth-order valence-electron chi connectivity index (χ4n) is 21.0. The molecule has 20 heteroatoms. The van der Waals surface area contributed by atoms with Gasteiger partial charge in [0.2, 0.25) is 0 Å². The number of carbonyl (C=O) groups is 3. The van der Waals surface area contributed by atoms with E-state index in [1.807, 2.05) is 26.1 Å². The van der Waals surface area contributed by atoms with Crippen molar-refractivity contribution in [2.45, 2.75) is 177 Å². The molecule has 1 aromatic heterocycles. The zero-order valence-corrected chi connectivity index (χ0v) is 52.8. The number of hydrogen-bond acceptors (Lipinski definition) is 17. The highest BCUT2D eigenvalue weighted by atomic mass is 33.1. The first-order chi connectivity index (χ1) is 42.0. The second-order valence-corrected chi connectivity index (χ2v) is 31.7. The van der Waals surface area contributed by atoms with E-state index in [2.05, 4.69) is 40.1 Å². The van der Waals surface area contributed by atoms with Crippen molar-refractivity contribution in [2.24, 2.45) is 110 Å². The van der Waals surface area contributed by atoms with Crippen molar-refractivity contribution in [3.05, 3.63) is 76.8 Å². The van der Waals surface area contributed by atoms with Crippen molar-refractivity contribution in [1.29, 1.82) is 0 Å². The van der Waals surface area contributed by atoms with Crippen LogP contribution in [0.5, 0.6) is 5.75 Å². The highest BCUT2D eigenvalue weighted by molar-refractivity contribution is 8.76. The van der Waals surface area contributed by atoms with Crippen molar-refractivity contribution in [3.63, 3.8) is 0 Å². The van der Waals surface area contributed by atoms with E-state index < -0.39 is 148 Å². The Morgan fingerprint density at radius 3 is 2.38 bits per heavy atom. The van der Waals surface area contributed by atoms with Crippen molar-refractivity contribution in [3.8, 4) is 17.6 Å². The summed E-state index contributed by atoms with van der Waals surface area (Å²) >= 11 is 0. The maximum absolute atomic E-state index is 16.4. The van der Waals surface area contributed by atoms with Crippen LogP contribution in [0.4, 0.5) is 0 Å². The van der Waals surface area contributed by atoms with Gasteiger partial charge in [-0.25, -0.2) is 0 Å². The van der Waals surface area contributed by atoms with E-state index in [1.165, 1.54) is 27.2 Å². The van der Waals surface area contributed by atoms with E-state index in [9.17, 15) is 45.6 Å². The fourth-order valence-corrected chi connectivity index (χ4v) is 23.7. The smallest absolute Gasteiger partial charge is 0.314 e. The number of allylic oxidation sites excluding steroid dienone is 3. The summed E-state index contributed by atoms with van der Waals surface area (Å²) in [6.45, 7) is 7.14. The Bertz CT molecular complexity index is 3110. The lowest BCUT2D eigenvalue weighted by Crippen LogP contribution is -2.71. The first-order valence-corrected chi connectivity index (χ1v) is 35.1. The number of ether oxygens (including phenoxy) is 1. The molecular weight excluding hydrogens is 1160 g/mol. The summed E-state index contributed by atoms with van der Waals surface area (Å²) in [5, 5.41) is 116. The van der Waals surface area contributed by atoms with Crippen molar-refractivity contribution in [1.82, 2.24) is 10.3 Å². The number of nitrogens with zero attached hydrogens (tertiary/aromatic N) is 1. The number of guanidine groups is 1. The number of phenolic OH excluding ortho intramolecular Hbond substituents is 1. The maximum Gasteiger partial charge on any atom is 0.314 e. The van der Waals surface area contributed by atoms with Gasteiger partial charge in [0.15, 0.2) is 23.8 Å². The number of aromatic nitrogens is 1. The molecule has 5 saturated carbocycles. The Kier molecular flexibility index (Phi) is 17.8. The highest BCUT2D eigenvalue weighted by Crippen LogP contribution is 2.77. The lowest BCUT2D eigenvalue weighted by Gasteiger charge is -2.68. The molecule has 1 spiro atoms. The van der Waals surface area contributed by atoms with Crippen molar-refractivity contribution < 1.29 is 65.1 Å². The Hall–Kier alpha value is -4.40. The van der Waals surface area contributed by atoms with Crippen LogP contribution in [0.1, 0.15) is 141 Å². The molecule has 1 aromatic carbocycles. The standard InChI is InChI=1S/C68H93N5O13S2/c1-5-51-53(54(63(83)86-51)39-19-20-71-28-39)36-7-6-8-38-26-68(85)57-55(65(3)27-50(77)59(79)47-32-88-87-31-40(34-12-16-42(75)17-13-34)23-49(76)48(30-74)73-58(57)60(80)56(47)65)37-11-15-41(29-72-64(69)70)67(68,25-37)61(38)66(4,84)52(78)24-46(62(81)82)43-18-14-35-10-9-33(2)21-44(35)45(43)22-36/h12-14,16-17,19-20,28,33,36-38,40-41,43-48,50-56,59,61-62,71,73-75,77-79,81-82,84-85H,5,8-11,15,18,21-27,29-32H2,1-4H3,(H4,69,70,72)/t33-,36-,37-,38+,40+,41+,43+,44-,45-,46+,47-,48+,50-,51+,52+,53+,54-,55-,56-,59+,61+,65+,66-,67-,68+/m0/s1. The zero-order valence-electron chi connectivity index (χ0n) is 51.1. The first-order valence-electron chi connectivity index (χ1n) is 32.6. The van der Waals surface area contributed by atoms with E-state index >= 15 is 14.7 Å². The number of aliphatic imine (C=N–C) groups is 1. The molecule has 3 heterocycles. The number of cyclic esters (lactones) is 1. The summed E-state index contributed by atoms with van der Waals surface area (Å²) in [4.78, 5) is 53.6. The number of phenols is 1. The molecule has 15 N–H and O–H groups in total. The zero-order chi connectivity index (χ0) is 62.5. The number of esters is 1. The van der Waals surface area contributed by atoms with E-state index in [-0.39, 0.29) is 92.0 Å². The number of Topliss-reactive ketones (excluding diaryl/α,β-unsaturated/α-hetero) is 2. The number of H-pyrrole nitrogens is 1. The number of rotatable bonds is 8. The summed E-state index contributed by atoms with van der Waals surface area (Å²) in [6, 6.07) is 7.19. The molecular formula is C68H93N5O13S2. The molecule has 8 aliphatic carbocycles. The van der Waals surface area contributed by atoms with Crippen LogP contribution in [0.15, 0.2) is 70.6 Å². The minimum Gasteiger partial charge on any atom is -0.508 e. The quantitative estimate of drug-likeness (QED) is 0.0293. The summed E-state index contributed by atoms with van der Waals surface area (Å²) < 4.78 is 6.30. The number of aromatic amines is 1. The lowest BCUT2D eigenvalue weighted by atomic mass is 9.37. The van der Waals surface area contributed by atoms with E-state index in [0.717, 1.165) is 30.4 Å². The fraction of sp³-hybridized carbons (Fsp3) is 0.706. The van der Waals surface area contributed by atoms with Gasteiger partial charge in [0.05, 0.1) is 47.7 Å². The predicted octanol–water partition coefficient (Wildman–Crippen LogP) is 5.56. The SMILES string of the molecule is CC[C@H]1OC(=O)[C@@H](c2cc[nH]c2)[C@@H]1[C@H]1C#CC[C@@H]2C[C@@]3(O)C4=C5N[C@H](CO)C(=O)C[C@@H](c6ccc(O)cc6)CSSC[C@@H]6[C@@H](O)[C@@H](O)C[C@](C)([C@H]4[C@H]4CC[C@H](CN=C(N)N)[C@@]3(C4)[C@H]2[C@@](C)(O)[C@H](O)C[C@@H](C(O)O)[C@@H]2CC=C3CC[C@H](C)C[C@@H]3[C@H]2C1)[C@@H]6C5=O. The third kappa shape index (κ3) is 10.6. The molecule has 7 fully saturated rings. The molecule has 10 aliphatic rings. The van der Waals surface area contributed by atoms with E-state index in [1.54, 1.807) is 37.4 Å². The molecule has 25 atom stereocenters. The van der Waals surface area contributed by atoms with Gasteiger partial charge in [-0.3, -0.25) is 19.4 Å². The molecule has 0 unspecified atom stereocenters. The molecule has 0 radical (unpaired) electrons. The van der Waals surface area contributed by atoms with Crippen LogP contribution in [0.25, 0.3) is 0 Å². The second-order valence-electron chi connectivity index (χ2n) is 29.1. The molecule has 2 aromatic rings. The van der Waals surface area contributed by atoms with Crippen LogP contribution < -0.4 is 16.8 Å². The number of ketones is 2. The number of fused-ring (bicyclic) bond motifs is 10. The van der Waals surface area contributed by atoms with Crippen LogP contribution >= 0.6 is 21.6 Å².